The second-order valence-corrected chi connectivity index (χ2v) is 8.81. The maximum absolute atomic E-state index is 12.1. The number of hydrogen-bond donors (Lipinski definition) is 0. The summed E-state index contributed by atoms with van der Waals surface area (Å²) in [5, 5.41) is 5.15. The van der Waals surface area contributed by atoms with Crippen LogP contribution in [0.25, 0.3) is 0 Å². The molecule has 0 bridgehead atoms. The van der Waals surface area contributed by atoms with Crippen molar-refractivity contribution in [3.05, 3.63) is 80.1 Å². The molecule has 3 rings (SSSR count). The van der Waals surface area contributed by atoms with Crippen molar-refractivity contribution in [2.45, 2.75) is 52.2 Å². The smallest absolute Gasteiger partial charge is 0.437 e. The van der Waals surface area contributed by atoms with Crippen molar-refractivity contribution in [3.63, 3.8) is 0 Å². The summed E-state index contributed by atoms with van der Waals surface area (Å²) >= 11 is 12.0. The number of rotatable bonds is 10. The van der Waals surface area contributed by atoms with Gasteiger partial charge in [-0.3, -0.25) is 0 Å². The molecule has 0 N–H and O–H groups in total. The zero-order valence-electron chi connectivity index (χ0n) is 18.8. The first kappa shape index (κ1) is 24.9. The van der Waals surface area contributed by atoms with Crippen molar-refractivity contribution in [2.24, 2.45) is 0 Å². The Balaban J connectivity index is 1.52. The van der Waals surface area contributed by atoms with Gasteiger partial charge in [0.2, 0.25) is 5.89 Å². The van der Waals surface area contributed by atoms with Crippen molar-refractivity contribution in [3.8, 4) is 5.75 Å². The molecule has 33 heavy (non-hydrogen) atoms. The molecule has 9 heteroatoms. The lowest BCUT2D eigenvalue weighted by Crippen LogP contribution is -2.39. The standard InChI is InChI=1S/C24H26Cl2N2O5/c1-4-31-22(29)24(2,3)33-18-11-8-16(9-12-18)6-5-7-21-27-28(23(30)32-21)15-17-10-13-19(25)20(26)14-17/h8-14H,4-7,15H2,1-3H3. The Morgan fingerprint density at radius 2 is 1.76 bits per heavy atom. The lowest BCUT2D eigenvalue weighted by atomic mass is 10.1. The number of ether oxygens (including phenoxy) is 2. The van der Waals surface area contributed by atoms with Crippen molar-refractivity contribution in [1.82, 2.24) is 9.78 Å². The van der Waals surface area contributed by atoms with E-state index < -0.39 is 17.3 Å². The summed E-state index contributed by atoms with van der Waals surface area (Å²) in [5.41, 5.74) is 0.833. The van der Waals surface area contributed by atoms with E-state index in [0.717, 1.165) is 24.0 Å². The number of carbonyl (C=O) groups is 1. The maximum atomic E-state index is 12.1. The van der Waals surface area contributed by atoms with Gasteiger partial charge in [0.25, 0.3) is 0 Å². The Morgan fingerprint density at radius 3 is 2.42 bits per heavy atom. The van der Waals surface area contributed by atoms with Crippen LogP contribution in [0.5, 0.6) is 5.75 Å². The average Bonchev–Trinajstić information content (AvgIpc) is 3.11. The quantitative estimate of drug-likeness (QED) is 0.366. The van der Waals surface area contributed by atoms with E-state index in [4.69, 9.17) is 37.1 Å². The molecule has 0 saturated carbocycles. The van der Waals surface area contributed by atoms with Gasteiger partial charge in [0.15, 0.2) is 5.60 Å². The Morgan fingerprint density at radius 1 is 1.06 bits per heavy atom. The predicted octanol–water partition coefficient (Wildman–Crippen LogP) is 5.09. The van der Waals surface area contributed by atoms with Gasteiger partial charge < -0.3 is 13.9 Å². The van der Waals surface area contributed by atoms with E-state index in [0.29, 0.717) is 34.7 Å². The van der Waals surface area contributed by atoms with Gasteiger partial charge in [0.05, 0.1) is 23.2 Å². The Bertz CT molecular complexity index is 1150. The van der Waals surface area contributed by atoms with Crippen LogP contribution < -0.4 is 10.5 Å². The summed E-state index contributed by atoms with van der Waals surface area (Å²) in [6, 6.07) is 12.7. The van der Waals surface area contributed by atoms with Gasteiger partial charge in [-0.2, -0.15) is 4.68 Å². The SMILES string of the molecule is CCOC(=O)C(C)(C)Oc1ccc(CCCc2nn(Cc3ccc(Cl)c(Cl)c3)c(=O)o2)cc1. The van der Waals surface area contributed by atoms with Gasteiger partial charge >= 0.3 is 11.7 Å². The highest BCUT2D eigenvalue weighted by Gasteiger charge is 2.31. The van der Waals surface area contributed by atoms with E-state index in [2.05, 4.69) is 5.10 Å². The molecule has 7 nitrogen and oxygen atoms in total. The van der Waals surface area contributed by atoms with Gasteiger partial charge in [0.1, 0.15) is 5.75 Å². The summed E-state index contributed by atoms with van der Waals surface area (Å²) in [7, 11) is 0. The third kappa shape index (κ3) is 6.85. The molecule has 0 fully saturated rings. The molecular weight excluding hydrogens is 467 g/mol. The normalized spacial score (nSPS) is 11.4. The number of nitrogens with zero attached hydrogens (tertiary/aromatic N) is 2. The van der Waals surface area contributed by atoms with Crippen LogP contribution in [0.15, 0.2) is 51.7 Å². The number of carbonyl (C=O) groups excluding carboxylic acids is 1. The third-order valence-corrected chi connectivity index (χ3v) is 5.62. The number of esters is 1. The molecule has 0 aliphatic carbocycles. The lowest BCUT2D eigenvalue weighted by Gasteiger charge is -2.24. The molecule has 0 radical (unpaired) electrons. The average molecular weight is 493 g/mol. The first-order valence-corrected chi connectivity index (χ1v) is 11.4. The van der Waals surface area contributed by atoms with Gasteiger partial charge in [-0.1, -0.05) is 41.4 Å². The van der Waals surface area contributed by atoms with Crippen LogP contribution in [0.4, 0.5) is 0 Å². The molecule has 0 amide bonds. The van der Waals surface area contributed by atoms with Crippen molar-refractivity contribution >= 4 is 29.2 Å². The molecule has 2 aromatic carbocycles. The number of aromatic nitrogens is 2. The second-order valence-electron chi connectivity index (χ2n) is 8.00. The number of hydrogen-bond acceptors (Lipinski definition) is 6. The highest BCUT2D eigenvalue weighted by atomic mass is 35.5. The zero-order valence-corrected chi connectivity index (χ0v) is 20.3. The lowest BCUT2D eigenvalue weighted by molar-refractivity contribution is -0.158. The fourth-order valence-corrected chi connectivity index (χ4v) is 3.49. The van der Waals surface area contributed by atoms with Crippen LogP contribution in [0, 0.1) is 0 Å². The second kappa shape index (κ2) is 10.9. The van der Waals surface area contributed by atoms with Gasteiger partial charge in [-0.05, 0) is 69.0 Å². The molecule has 0 saturated heterocycles. The molecule has 0 unspecified atom stereocenters. The van der Waals surface area contributed by atoms with Crippen molar-refractivity contribution < 1.29 is 18.7 Å². The van der Waals surface area contributed by atoms with E-state index in [-0.39, 0.29) is 6.54 Å². The fraction of sp³-hybridized carbons (Fsp3) is 0.375. The number of halogens is 2. The summed E-state index contributed by atoms with van der Waals surface area (Å²) in [6.45, 7) is 5.66. The summed E-state index contributed by atoms with van der Waals surface area (Å²) in [5.74, 6) is 0.0519. The van der Waals surface area contributed by atoms with E-state index in [9.17, 15) is 9.59 Å². The molecule has 3 aromatic rings. The predicted molar refractivity (Wildman–Crippen MR) is 126 cm³/mol. The topological polar surface area (TPSA) is 83.6 Å². The van der Waals surface area contributed by atoms with Gasteiger partial charge in [-0.25, -0.2) is 9.59 Å². The molecule has 0 spiro atoms. The van der Waals surface area contributed by atoms with Gasteiger partial charge in [-0.15, -0.1) is 5.10 Å². The number of benzene rings is 2. The Kier molecular flexibility index (Phi) is 8.21. The van der Waals surface area contributed by atoms with Gasteiger partial charge in [0, 0.05) is 6.42 Å². The molecule has 1 aromatic heterocycles. The Hall–Kier alpha value is -2.77. The molecule has 176 valence electrons. The van der Waals surface area contributed by atoms with Crippen molar-refractivity contribution in [1.29, 1.82) is 0 Å². The monoisotopic (exact) mass is 492 g/mol. The molecule has 1 heterocycles. The van der Waals surface area contributed by atoms with Crippen LogP contribution in [-0.2, 0) is 28.9 Å². The molecule has 0 atom stereocenters. The van der Waals surface area contributed by atoms with Crippen LogP contribution in [0.1, 0.15) is 44.2 Å². The summed E-state index contributed by atoms with van der Waals surface area (Å²) < 4.78 is 17.3. The first-order chi connectivity index (χ1) is 15.7. The zero-order chi connectivity index (χ0) is 24.0. The van der Waals surface area contributed by atoms with Crippen molar-refractivity contribution in [2.75, 3.05) is 6.61 Å². The molecular formula is C24H26Cl2N2O5. The van der Waals surface area contributed by atoms with Crippen LogP contribution in [0.3, 0.4) is 0 Å². The van der Waals surface area contributed by atoms with Crippen LogP contribution >= 0.6 is 23.2 Å². The minimum absolute atomic E-state index is 0.253. The fourth-order valence-electron chi connectivity index (χ4n) is 3.17. The van der Waals surface area contributed by atoms with Crippen LogP contribution in [0.2, 0.25) is 10.0 Å². The highest BCUT2D eigenvalue weighted by molar-refractivity contribution is 6.42. The highest BCUT2D eigenvalue weighted by Crippen LogP contribution is 2.23. The van der Waals surface area contributed by atoms with E-state index in [1.807, 2.05) is 24.3 Å². The Labute approximate surface area is 202 Å². The third-order valence-electron chi connectivity index (χ3n) is 4.88. The van der Waals surface area contributed by atoms with Crippen LogP contribution in [-0.4, -0.2) is 28.0 Å². The summed E-state index contributed by atoms with van der Waals surface area (Å²) in [6.07, 6.45) is 2.05. The first-order valence-electron chi connectivity index (χ1n) is 10.6. The van der Waals surface area contributed by atoms with E-state index >= 15 is 0 Å². The summed E-state index contributed by atoms with van der Waals surface area (Å²) in [4.78, 5) is 24.1. The molecule has 0 aliphatic rings. The number of aryl methyl sites for hydroxylation is 2. The minimum atomic E-state index is -1.06. The molecule has 0 aliphatic heterocycles. The largest absolute Gasteiger partial charge is 0.476 e. The van der Waals surface area contributed by atoms with E-state index in [1.54, 1.807) is 39.0 Å². The van der Waals surface area contributed by atoms with E-state index in [1.165, 1.54) is 4.68 Å². The minimum Gasteiger partial charge on any atom is -0.476 e. The maximum Gasteiger partial charge on any atom is 0.437 e.